The fraction of sp³-hybridized carbons (Fsp3) is 0.118. The summed E-state index contributed by atoms with van der Waals surface area (Å²) < 4.78 is 1.77. The van der Waals surface area contributed by atoms with Gasteiger partial charge in [-0.2, -0.15) is 0 Å². The number of carbonyl (C=O) groups is 2. The van der Waals surface area contributed by atoms with Gasteiger partial charge in [-0.25, -0.2) is 4.98 Å². The van der Waals surface area contributed by atoms with Crippen LogP contribution in [0, 0.1) is 0 Å². The number of benzene rings is 2. The van der Waals surface area contributed by atoms with E-state index in [1.807, 2.05) is 42.5 Å². The van der Waals surface area contributed by atoms with Gasteiger partial charge in [-0.1, -0.05) is 42.1 Å². The van der Waals surface area contributed by atoms with Crippen molar-refractivity contribution in [2.75, 3.05) is 5.32 Å². The topological polar surface area (TPSA) is 85.1 Å². The number of anilines is 1. The number of hydrogen-bond donors (Lipinski definition) is 2. The van der Waals surface area contributed by atoms with E-state index in [2.05, 4.69) is 10.3 Å². The van der Waals surface area contributed by atoms with E-state index < -0.39 is 11.2 Å². The van der Waals surface area contributed by atoms with Crippen molar-refractivity contribution in [1.82, 2.24) is 4.98 Å². The van der Waals surface area contributed by atoms with E-state index in [4.69, 9.17) is 5.73 Å². The molecule has 1 heterocycles. The number of amides is 2. The average Bonchev–Trinajstić information content (AvgIpc) is 2.97. The third-order valence-electron chi connectivity index (χ3n) is 3.26. The number of thiazole rings is 1. The SMILES string of the molecule is NC(=O)C(CC(=O)Nc1ccccc1)Sc1nc2ccccc2s1. The van der Waals surface area contributed by atoms with Gasteiger partial charge in [0, 0.05) is 12.1 Å². The van der Waals surface area contributed by atoms with Gasteiger partial charge in [0.2, 0.25) is 11.8 Å². The highest BCUT2D eigenvalue weighted by Crippen LogP contribution is 2.33. The third kappa shape index (κ3) is 4.12. The summed E-state index contributed by atoms with van der Waals surface area (Å²) in [7, 11) is 0. The summed E-state index contributed by atoms with van der Waals surface area (Å²) in [4.78, 5) is 28.3. The summed E-state index contributed by atoms with van der Waals surface area (Å²) in [6.07, 6.45) is 0.00478. The van der Waals surface area contributed by atoms with Gasteiger partial charge in [-0.05, 0) is 24.3 Å². The molecule has 2 aromatic carbocycles. The summed E-state index contributed by atoms with van der Waals surface area (Å²) in [5.74, 6) is -0.777. The molecule has 7 heteroatoms. The van der Waals surface area contributed by atoms with Gasteiger partial charge in [-0.15, -0.1) is 11.3 Å². The Labute approximate surface area is 147 Å². The predicted molar refractivity (Wildman–Crippen MR) is 98.1 cm³/mol. The van der Waals surface area contributed by atoms with Crippen LogP contribution in [0.1, 0.15) is 6.42 Å². The first kappa shape index (κ1) is 16.5. The maximum Gasteiger partial charge on any atom is 0.231 e. The highest BCUT2D eigenvalue weighted by molar-refractivity contribution is 8.02. The molecule has 0 aliphatic carbocycles. The lowest BCUT2D eigenvalue weighted by atomic mass is 10.2. The molecule has 0 aliphatic rings. The van der Waals surface area contributed by atoms with Gasteiger partial charge < -0.3 is 11.1 Å². The van der Waals surface area contributed by atoms with E-state index in [0.717, 1.165) is 14.6 Å². The number of primary amides is 1. The standard InChI is InChI=1S/C17H15N3O2S2/c18-16(22)14(10-15(21)19-11-6-2-1-3-7-11)24-17-20-12-8-4-5-9-13(12)23-17/h1-9,14H,10H2,(H2,18,22)(H,19,21). The smallest absolute Gasteiger partial charge is 0.231 e. The van der Waals surface area contributed by atoms with Crippen molar-refractivity contribution in [2.24, 2.45) is 5.73 Å². The van der Waals surface area contributed by atoms with Crippen LogP contribution in [0.3, 0.4) is 0 Å². The molecule has 0 fully saturated rings. The zero-order valence-electron chi connectivity index (χ0n) is 12.6. The molecule has 0 saturated carbocycles. The number of nitrogens with one attached hydrogen (secondary N) is 1. The second kappa shape index (κ2) is 7.46. The summed E-state index contributed by atoms with van der Waals surface area (Å²) in [6.45, 7) is 0. The summed E-state index contributed by atoms with van der Waals surface area (Å²) in [6, 6.07) is 16.8. The Kier molecular flexibility index (Phi) is 5.12. The Bertz CT molecular complexity index is 831. The highest BCUT2D eigenvalue weighted by atomic mass is 32.2. The number of fused-ring (bicyclic) bond motifs is 1. The Balaban J connectivity index is 1.68. The largest absolute Gasteiger partial charge is 0.369 e. The molecule has 24 heavy (non-hydrogen) atoms. The van der Waals surface area contributed by atoms with Crippen molar-refractivity contribution in [3.8, 4) is 0 Å². The number of para-hydroxylation sites is 2. The number of nitrogens with zero attached hydrogens (tertiary/aromatic N) is 1. The summed E-state index contributed by atoms with van der Waals surface area (Å²) in [5, 5.41) is 2.10. The molecular formula is C17H15N3O2S2. The zero-order chi connectivity index (χ0) is 16.9. The van der Waals surface area contributed by atoms with Crippen molar-refractivity contribution in [3.63, 3.8) is 0 Å². The molecule has 1 aromatic heterocycles. The van der Waals surface area contributed by atoms with Gasteiger partial charge in [0.15, 0.2) is 4.34 Å². The van der Waals surface area contributed by atoms with Crippen LogP contribution in [-0.2, 0) is 9.59 Å². The number of rotatable bonds is 6. The Hall–Kier alpha value is -2.38. The molecule has 0 spiro atoms. The molecular weight excluding hydrogens is 342 g/mol. The van der Waals surface area contributed by atoms with Crippen LogP contribution in [0.2, 0.25) is 0 Å². The van der Waals surface area contributed by atoms with Crippen LogP contribution in [-0.4, -0.2) is 22.0 Å². The number of nitrogens with two attached hydrogens (primary N) is 1. The lowest BCUT2D eigenvalue weighted by Crippen LogP contribution is -2.30. The van der Waals surface area contributed by atoms with Crippen LogP contribution in [0.4, 0.5) is 5.69 Å². The first-order chi connectivity index (χ1) is 11.6. The predicted octanol–water partition coefficient (Wildman–Crippen LogP) is 3.27. The molecule has 3 aromatic rings. The van der Waals surface area contributed by atoms with Crippen molar-refractivity contribution in [1.29, 1.82) is 0 Å². The fourth-order valence-electron chi connectivity index (χ4n) is 2.13. The fourth-order valence-corrected chi connectivity index (χ4v) is 4.38. The lowest BCUT2D eigenvalue weighted by Gasteiger charge is -2.11. The number of aromatic nitrogens is 1. The van der Waals surface area contributed by atoms with Gasteiger partial charge in [0.25, 0.3) is 0 Å². The molecule has 3 rings (SSSR count). The normalized spacial score (nSPS) is 12.0. The minimum Gasteiger partial charge on any atom is -0.369 e. The molecule has 1 unspecified atom stereocenters. The molecule has 0 saturated heterocycles. The molecule has 0 bridgehead atoms. The number of hydrogen-bond acceptors (Lipinski definition) is 5. The van der Waals surface area contributed by atoms with Crippen LogP contribution in [0.5, 0.6) is 0 Å². The van der Waals surface area contributed by atoms with E-state index in [0.29, 0.717) is 5.69 Å². The van der Waals surface area contributed by atoms with Gasteiger partial charge in [0.1, 0.15) is 0 Å². The van der Waals surface area contributed by atoms with Gasteiger partial charge >= 0.3 is 0 Å². The second-order valence-electron chi connectivity index (χ2n) is 5.07. The monoisotopic (exact) mass is 357 g/mol. The van der Waals surface area contributed by atoms with Gasteiger partial charge in [-0.3, -0.25) is 9.59 Å². The maximum absolute atomic E-state index is 12.1. The average molecular weight is 357 g/mol. The van der Waals surface area contributed by atoms with E-state index in [1.54, 1.807) is 12.1 Å². The second-order valence-corrected chi connectivity index (χ2v) is 7.56. The minimum atomic E-state index is -0.658. The van der Waals surface area contributed by atoms with Crippen molar-refractivity contribution < 1.29 is 9.59 Å². The molecule has 122 valence electrons. The Morgan fingerprint density at radius 3 is 2.54 bits per heavy atom. The first-order valence-corrected chi connectivity index (χ1v) is 8.98. The number of thioether (sulfide) groups is 1. The molecule has 2 amide bonds. The summed E-state index contributed by atoms with van der Waals surface area (Å²) >= 11 is 2.72. The van der Waals surface area contributed by atoms with Gasteiger partial charge in [0.05, 0.1) is 15.5 Å². The van der Waals surface area contributed by atoms with E-state index in [1.165, 1.54) is 23.1 Å². The van der Waals surface area contributed by atoms with Crippen LogP contribution < -0.4 is 11.1 Å². The van der Waals surface area contributed by atoms with Crippen molar-refractivity contribution in [3.05, 3.63) is 54.6 Å². The van der Waals surface area contributed by atoms with Crippen LogP contribution in [0.15, 0.2) is 58.9 Å². The van der Waals surface area contributed by atoms with E-state index in [-0.39, 0.29) is 12.3 Å². The minimum absolute atomic E-state index is 0.00478. The van der Waals surface area contributed by atoms with Crippen LogP contribution in [0.25, 0.3) is 10.2 Å². The number of carbonyl (C=O) groups excluding carboxylic acids is 2. The van der Waals surface area contributed by atoms with Crippen LogP contribution >= 0.6 is 23.1 Å². The first-order valence-electron chi connectivity index (χ1n) is 7.28. The maximum atomic E-state index is 12.1. The van der Waals surface area contributed by atoms with E-state index in [9.17, 15) is 9.59 Å². The summed E-state index contributed by atoms with van der Waals surface area (Å²) in [5.41, 5.74) is 7.02. The molecule has 5 nitrogen and oxygen atoms in total. The van der Waals surface area contributed by atoms with E-state index >= 15 is 0 Å². The Morgan fingerprint density at radius 2 is 1.83 bits per heavy atom. The molecule has 0 radical (unpaired) electrons. The van der Waals surface area contributed by atoms with Crippen molar-refractivity contribution in [2.45, 2.75) is 16.0 Å². The molecule has 3 N–H and O–H groups in total. The molecule has 1 atom stereocenters. The third-order valence-corrected chi connectivity index (χ3v) is 5.61. The lowest BCUT2D eigenvalue weighted by molar-refractivity contribution is -0.121. The van der Waals surface area contributed by atoms with Crippen molar-refractivity contribution >= 4 is 50.8 Å². The highest BCUT2D eigenvalue weighted by Gasteiger charge is 2.22. The molecule has 0 aliphatic heterocycles. The zero-order valence-corrected chi connectivity index (χ0v) is 14.3. The quantitative estimate of drug-likeness (QED) is 0.663. The Morgan fingerprint density at radius 1 is 1.12 bits per heavy atom.